The van der Waals surface area contributed by atoms with Crippen LogP contribution in [-0.2, 0) is 16.8 Å². The van der Waals surface area contributed by atoms with Crippen LogP contribution in [0, 0.1) is 13.8 Å². The summed E-state index contributed by atoms with van der Waals surface area (Å²) in [6.07, 6.45) is 2.77. The van der Waals surface area contributed by atoms with Crippen LogP contribution in [0.25, 0.3) is 0 Å². The first kappa shape index (κ1) is 15.0. The van der Waals surface area contributed by atoms with Crippen molar-refractivity contribution in [1.82, 2.24) is 4.90 Å². The number of ether oxygens (including phenoxy) is 1. The number of rotatable bonds is 1. The second-order valence-corrected chi connectivity index (χ2v) is 7.47. The average Bonchev–Trinajstić information content (AvgIpc) is 3.15. The van der Waals surface area contributed by atoms with Gasteiger partial charge < -0.3 is 14.1 Å². The molecule has 1 fully saturated rings. The standard InChI is InChI=1S/C18H21NO3S/c1-12-11-14(13(2)22-12)17(20)19-7-5-18(6-8-19)15-4-10-23-16(15)3-9-21-18/h4,10-11H,3,5-9H2,1-2H3. The Morgan fingerprint density at radius 2 is 2.09 bits per heavy atom. The number of thiophene rings is 1. The number of carbonyl (C=O) groups excluding carboxylic acids is 1. The van der Waals surface area contributed by atoms with E-state index in [1.807, 2.05) is 36.2 Å². The summed E-state index contributed by atoms with van der Waals surface area (Å²) in [5.74, 6) is 1.58. The molecule has 0 radical (unpaired) electrons. The van der Waals surface area contributed by atoms with Crippen LogP contribution in [0.2, 0.25) is 0 Å². The van der Waals surface area contributed by atoms with Crippen molar-refractivity contribution in [1.29, 1.82) is 0 Å². The molecule has 4 heterocycles. The summed E-state index contributed by atoms with van der Waals surface area (Å²) >= 11 is 1.83. The van der Waals surface area contributed by atoms with E-state index in [0.29, 0.717) is 11.3 Å². The number of likely N-dealkylation sites (tertiary alicyclic amines) is 1. The maximum Gasteiger partial charge on any atom is 0.257 e. The number of hydrogen-bond acceptors (Lipinski definition) is 4. The van der Waals surface area contributed by atoms with Gasteiger partial charge in [-0.1, -0.05) is 0 Å². The smallest absolute Gasteiger partial charge is 0.257 e. The van der Waals surface area contributed by atoms with Crippen LogP contribution in [-0.4, -0.2) is 30.5 Å². The maximum absolute atomic E-state index is 12.7. The van der Waals surface area contributed by atoms with E-state index < -0.39 is 0 Å². The summed E-state index contributed by atoms with van der Waals surface area (Å²) < 4.78 is 11.7. The van der Waals surface area contributed by atoms with Crippen LogP contribution >= 0.6 is 11.3 Å². The lowest BCUT2D eigenvalue weighted by atomic mass is 9.82. The van der Waals surface area contributed by atoms with Gasteiger partial charge in [0.2, 0.25) is 0 Å². The van der Waals surface area contributed by atoms with Crippen LogP contribution in [0.5, 0.6) is 0 Å². The van der Waals surface area contributed by atoms with Gasteiger partial charge in [0.05, 0.1) is 17.8 Å². The van der Waals surface area contributed by atoms with Gasteiger partial charge in [0.1, 0.15) is 11.5 Å². The molecule has 122 valence electrons. The van der Waals surface area contributed by atoms with Crippen molar-refractivity contribution in [2.45, 2.75) is 38.7 Å². The summed E-state index contributed by atoms with van der Waals surface area (Å²) in [4.78, 5) is 16.1. The molecule has 0 atom stereocenters. The van der Waals surface area contributed by atoms with Crippen molar-refractivity contribution in [2.75, 3.05) is 19.7 Å². The Hall–Kier alpha value is -1.59. The molecule has 1 spiro atoms. The number of aryl methyl sites for hydroxylation is 2. The minimum atomic E-state index is -0.175. The molecule has 0 saturated carbocycles. The largest absolute Gasteiger partial charge is 0.466 e. The van der Waals surface area contributed by atoms with Crippen molar-refractivity contribution in [2.24, 2.45) is 0 Å². The van der Waals surface area contributed by atoms with E-state index in [1.54, 1.807) is 0 Å². The zero-order chi connectivity index (χ0) is 16.0. The predicted molar refractivity (Wildman–Crippen MR) is 89.0 cm³/mol. The Morgan fingerprint density at radius 1 is 1.30 bits per heavy atom. The van der Waals surface area contributed by atoms with Gasteiger partial charge >= 0.3 is 0 Å². The number of piperidine rings is 1. The van der Waals surface area contributed by atoms with E-state index in [4.69, 9.17) is 9.15 Å². The lowest BCUT2D eigenvalue weighted by Crippen LogP contribution is -2.48. The van der Waals surface area contributed by atoms with Gasteiger partial charge in [-0.25, -0.2) is 0 Å². The fourth-order valence-corrected chi connectivity index (χ4v) is 4.81. The zero-order valence-corrected chi connectivity index (χ0v) is 14.4. The first-order chi connectivity index (χ1) is 11.1. The van der Waals surface area contributed by atoms with Crippen LogP contribution in [0.1, 0.15) is 45.2 Å². The Bertz CT molecular complexity index is 737. The molecule has 1 saturated heterocycles. The van der Waals surface area contributed by atoms with Crippen molar-refractivity contribution in [3.8, 4) is 0 Å². The van der Waals surface area contributed by atoms with Crippen molar-refractivity contribution in [3.63, 3.8) is 0 Å². The number of amides is 1. The fourth-order valence-electron chi connectivity index (χ4n) is 3.86. The molecule has 4 nitrogen and oxygen atoms in total. The van der Waals surface area contributed by atoms with Gasteiger partial charge in [-0.05, 0) is 49.8 Å². The number of hydrogen-bond donors (Lipinski definition) is 0. The molecule has 0 N–H and O–H groups in total. The molecule has 0 unspecified atom stereocenters. The number of fused-ring (bicyclic) bond motifs is 2. The number of furan rings is 1. The quantitative estimate of drug-likeness (QED) is 0.801. The molecule has 5 heteroatoms. The van der Waals surface area contributed by atoms with E-state index in [-0.39, 0.29) is 11.5 Å². The van der Waals surface area contributed by atoms with E-state index in [1.165, 1.54) is 10.4 Å². The van der Waals surface area contributed by atoms with Crippen molar-refractivity contribution < 1.29 is 13.9 Å². The maximum atomic E-state index is 12.7. The number of nitrogens with zero attached hydrogens (tertiary/aromatic N) is 1. The van der Waals surface area contributed by atoms with E-state index in [9.17, 15) is 4.79 Å². The third kappa shape index (κ3) is 2.42. The summed E-state index contributed by atoms with van der Waals surface area (Å²) in [5.41, 5.74) is 1.88. The van der Waals surface area contributed by atoms with E-state index in [2.05, 4.69) is 11.4 Å². The highest BCUT2D eigenvalue weighted by Gasteiger charge is 2.42. The molecule has 23 heavy (non-hydrogen) atoms. The first-order valence-corrected chi connectivity index (χ1v) is 9.04. The lowest BCUT2D eigenvalue weighted by Gasteiger charge is -2.44. The van der Waals surface area contributed by atoms with Crippen LogP contribution in [0.15, 0.2) is 21.9 Å². The van der Waals surface area contributed by atoms with Crippen molar-refractivity contribution >= 4 is 17.2 Å². The van der Waals surface area contributed by atoms with Gasteiger partial charge in [0, 0.05) is 24.4 Å². The third-order valence-corrected chi connectivity index (χ3v) is 6.05. The Kier molecular flexibility index (Phi) is 3.58. The Morgan fingerprint density at radius 3 is 2.78 bits per heavy atom. The Labute approximate surface area is 140 Å². The second kappa shape index (κ2) is 5.49. The van der Waals surface area contributed by atoms with Gasteiger partial charge in [-0.2, -0.15) is 0 Å². The van der Waals surface area contributed by atoms with Gasteiger partial charge in [-0.15, -0.1) is 11.3 Å². The highest BCUT2D eigenvalue weighted by Crippen LogP contribution is 2.43. The van der Waals surface area contributed by atoms with Crippen LogP contribution < -0.4 is 0 Å². The summed E-state index contributed by atoms with van der Waals surface area (Å²) in [7, 11) is 0. The topological polar surface area (TPSA) is 42.7 Å². The SMILES string of the molecule is Cc1cc(C(=O)N2CCC3(CC2)OCCc2sccc23)c(C)o1. The number of carbonyl (C=O) groups is 1. The normalized spacial score (nSPS) is 19.8. The Balaban J connectivity index is 1.52. The first-order valence-electron chi connectivity index (χ1n) is 8.16. The molecule has 2 aliphatic heterocycles. The van der Waals surface area contributed by atoms with Gasteiger partial charge in [0.15, 0.2) is 0 Å². The average molecular weight is 331 g/mol. The molecule has 2 aromatic heterocycles. The van der Waals surface area contributed by atoms with E-state index >= 15 is 0 Å². The fraction of sp³-hybridized carbons (Fsp3) is 0.500. The zero-order valence-electron chi connectivity index (χ0n) is 13.6. The molecular weight excluding hydrogens is 310 g/mol. The van der Waals surface area contributed by atoms with Gasteiger partial charge in [-0.3, -0.25) is 4.79 Å². The highest BCUT2D eigenvalue weighted by atomic mass is 32.1. The molecule has 1 amide bonds. The van der Waals surface area contributed by atoms with Crippen LogP contribution in [0.4, 0.5) is 0 Å². The highest BCUT2D eigenvalue weighted by molar-refractivity contribution is 7.10. The third-order valence-electron chi connectivity index (χ3n) is 5.07. The molecule has 4 rings (SSSR count). The van der Waals surface area contributed by atoms with Gasteiger partial charge in [0.25, 0.3) is 5.91 Å². The molecule has 0 bridgehead atoms. The molecule has 2 aromatic rings. The van der Waals surface area contributed by atoms with Crippen molar-refractivity contribution in [3.05, 3.63) is 45.0 Å². The molecular formula is C18H21NO3S. The molecule has 0 aliphatic carbocycles. The summed E-state index contributed by atoms with van der Waals surface area (Å²) in [5, 5.41) is 2.16. The summed E-state index contributed by atoms with van der Waals surface area (Å²) in [6.45, 7) is 5.99. The minimum Gasteiger partial charge on any atom is -0.466 e. The molecule has 0 aromatic carbocycles. The monoisotopic (exact) mass is 331 g/mol. The lowest BCUT2D eigenvalue weighted by molar-refractivity contribution is -0.0926. The van der Waals surface area contributed by atoms with Crippen LogP contribution in [0.3, 0.4) is 0 Å². The minimum absolute atomic E-state index is 0.0792. The molecule has 2 aliphatic rings. The van der Waals surface area contributed by atoms with E-state index in [0.717, 1.165) is 44.7 Å². The summed E-state index contributed by atoms with van der Waals surface area (Å²) in [6, 6.07) is 4.05. The second-order valence-electron chi connectivity index (χ2n) is 6.47. The predicted octanol–water partition coefficient (Wildman–Crippen LogP) is 3.66.